The van der Waals surface area contributed by atoms with Gasteiger partial charge in [-0.05, 0) is 19.3 Å². The van der Waals surface area contributed by atoms with E-state index in [9.17, 15) is 4.79 Å². The Balaban J connectivity index is 2.38. The molecule has 3 heteroatoms. The van der Waals surface area contributed by atoms with Crippen LogP contribution in [-0.4, -0.2) is 16.6 Å². The van der Waals surface area contributed by atoms with Crippen LogP contribution in [0, 0.1) is 5.92 Å². The quantitative estimate of drug-likeness (QED) is 0.641. The molecule has 0 radical (unpaired) electrons. The van der Waals surface area contributed by atoms with Crippen LogP contribution in [0.15, 0.2) is 0 Å². The van der Waals surface area contributed by atoms with Crippen molar-refractivity contribution in [3.63, 3.8) is 0 Å². The van der Waals surface area contributed by atoms with Crippen molar-refractivity contribution in [1.82, 2.24) is 0 Å². The van der Waals surface area contributed by atoms with Gasteiger partial charge in [0.15, 0.2) is 0 Å². The van der Waals surface area contributed by atoms with Crippen molar-refractivity contribution < 1.29 is 9.90 Å². The molecular formula is C8H15NO2. The lowest BCUT2D eigenvalue weighted by molar-refractivity contribution is -0.143. The predicted molar refractivity (Wildman–Crippen MR) is 42.2 cm³/mol. The Morgan fingerprint density at radius 3 is 2.55 bits per heavy atom. The van der Waals surface area contributed by atoms with Crippen LogP contribution in [0.4, 0.5) is 0 Å². The Morgan fingerprint density at radius 2 is 2.27 bits per heavy atom. The number of rotatable bonds is 3. The molecule has 0 aromatic heterocycles. The summed E-state index contributed by atoms with van der Waals surface area (Å²) in [5.41, 5.74) is 4.56. The van der Waals surface area contributed by atoms with Gasteiger partial charge in [0.25, 0.3) is 0 Å². The lowest BCUT2D eigenvalue weighted by Gasteiger charge is -2.31. The molecule has 0 aromatic rings. The Labute approximate surface area is 66.6 Å². The van der Waals surface area contributed by atoms with E-state index in [0.29, 0.717) is 12.3 Å². The summed E-state index contributed by atoms with van der Waals surface area (Å²) in [6, 6.07) is 0. The summed E-state index contributed by atoms with van der Waals surface area (Å²) in [4.78, 5) is 10.6. The van der Waals surface area contributed by atoms with Crippen LogP contribution in [-0.2, 0) is 4.79 Å². The Bertz CT molecular complexity index is 161. The topological polar surface area (TPSA) is 63.3 Å². The Morgan fingerprint density at radius 1 is 1.73 bits per heavy atom. The average molecular weight is 157 g/mol. The minimum Gasteiger partial charge on any atom is -0.480 e. The van der Waals surface area contributed by atoms with E-state index in [4.69, 9.17) is 10.8 Å². The highest BCUT2D eigenvalue weighted by Gasteiger charge is 2.33. The van der Waals surface area contributed by atoms with E-state index >= 15 is 0 Å². The molecule has 0 spiro atoms. The van der Waals surface area contributed by atoms with Gasteiger partial charge in [-0.25, -0.2) is 0 Å². The van der Waals surface area contributed by atoms with Crippen LogP contribution in [0.5, 0.6) is 0 Å². The van der Waals surface area contributed by atoms with Crippen molar-refractivity contribution >= 4 is 5.97 Å². The molecule has 0 aliphatic heterocycles. The van der Waals surface area contributed by atoms with Gasteiger partial charge in [-0.1, -0.05) is 19.3 Å². The molecule has 0 aromatic carbocycles. The monoisotopic (exact) mass is 157 g/mol. The van der Waals surface area contributed by atoms with Gasteiger partial charge in [0.1, 0.15) is 5.54 Å². The number of carboxylic acid groups (broad SMARTS) is 1. The summed E-state index contributed by atoms with van der Waals surface area (Å²) in [7, 11) is 0. The molecule has 3 N–H and O–H groups in total. The fourth-order valence-corrected chi connectivity index (χ4v) is 1.38. The number of nitrogens with two attached hydrogens (primary N) is 1. The third-order valence-corrected chi connectivity index (χ3v) is 2.43. The normalized spacial score (nSPS) is 23.8. The average Bonchev–Trinajstić information content (AvgIpc) is 1.79. The maximum Gasteiger partial charge on any atom is 0.323 e. The van der Waals surface area contributed by atoms with Gasteiger partial charge in [0, 0.05) is 0 Å². The van der Waals surface area contributed by atoms with Gasteiger partial charge < -0.3 is 10.8 Å². The van der Waals surface area contributed by atoms with E-state index in [2.05, 4.69) is 0 Å². The summed E-state index contributed by atoms with van der Waals surface area (Å²) >= 11 is 0. The van der Waals surface area contributed by atoms with Gasteiger partial charge in [-0.3, -0.25) is 4.79 Å². The van der Waals surface area contributed by atoms with Gasteiger partial charge in [-0.2, -0.15) is 0 Å². The minimum absolute atomic E-state index is 0.557. The third kappa shape index (κ3) is 1.93. The molecule has 1 fully saturated rings. The lowest BCUT2D eigenvalue weighted by Crippen LogP contribution is -2.47. The fraction of sp³-hybridized carbons (Fsp3) is 0.875. The van der Waals surface area contributed by atoms with Crippen LogP contribution in [0.1, 0.15) is 32.6 Å². The highest BCUT2D eigenvalue weighted by atomic mass is 16.4. The molecule has 0 heterocycles. The molecule has 0 saturated heterocycles. The van der Waals surface area contributed by atoms with E-state index in [-0.39, 0.29) is 0 Å². The largest absolute Gasteiger partial charge is 0.480 e. The fourth-order valence-electron chi connectivity index (χ4n) is 1.38. The van der Waals surface area contributed by atoms with Gasteiger partial charge in [-0.15, -0.1) is 0 Å². The molecule has 3 nitrogen and oxygen atoms in total. The van der Waals surface area contributed by atoms with Crippen LogP contribution < -0.4 is 5.73 Å². The Hall–Kier alpha value is -0.570. The van der Waals surface area contributed by atoms with Crippen molar-refractivity contribution in [2.45, 2.75) is 38.1 Å². The molecule has 1 saturated carbocycles. The number of hydrogen-bond donors (Lipinski definition) is 2. The maximum atomic E-state index is 10.6. The number of carbonyl (C=O) groups is 1. The zero-order valence-electron chi connectivity index (χ0n) is 6.84. The van der Waals surface area contributed by atoms with Crippen LogP contribution in [0.2, 0.25) is 0 Å². The second-order valence-electron chi connectivity index (χ2n) is 3.72. The summed E-state index contributed by atoms with van der Waals surface area (Å²) in [6.07, 6.45) is 4.17. The first-order valence-electron chi connectivity index (χ1n) is 4.04. The summed E-state index contributed by atoms with van der Waals surface area (Å²) in [5, 5.41) is 8.68. The first-order valence-corrected chi connectivity index (χ1v) is 4.04. The molecule has 0 bridgehead atoms. The van der Waals surface area contributed by atoms with Crippen LogP contribution in [0.3, 0.4) is 0 Å². The number of hydrogen-bond acceptors (Lipinski definition) is 2. The molecule has 0 unspecified atom stereocenters. The zero-order valence-corrected chi connectivity index (χ0v) is 6.84. The molecule has 0 amide bonds. The van der Waals surface area contributed by atoms with E-state index in [1.54, 1.807) is 6.92 Å². The highest BCUT2D eigenvalue weighted by molar-refractivity contribution is 5.77. The smallest absolute Gasteiger partial charge is 0.323 e. The third-order valence-electron chi connectivity index (χ3n) is 2.43. The van der Waals surface area contributed by atoms with E-state index in [1.807, 2.05) is 0 Å². The summed E-state index contributed by atoms with van der Waals surface area (Å²) in [6.45, 7) is 1.59. The number of aliphatic carboxylic acids is 1. The van der Waals surface area contributed by atoms with Gasteiger partial charge in [0.05, 0.1) is 0 Å². The zero-order chi connectivity index (χ0) is 8.48. The highest BCUT2D eigenvalue weighted by Crippen LogP contribution is 2.32. The van der Waals surface area contributed by atoms with Crippen molar-refractivity contribution in [3.05, 3.63) is 0 Å². The first-order chi connectivity index (χ1) is 5.02. The SMILES string of the molecule is C[C@@](N)(CC1CCC1)C(=O)O. The van der Waals surface area contributed by atoms with Crippen LogP contribution >= 0.6 is 0 Å². The second kappa shape index (κ2) is 2.81. The van der Waals surface area contributed by atoms with Crippen molar-refractivity contribution in [1.29, 1.82) is 0 Å². The van der Waals surface area contributed by atoms with Gasteiger partial charge >= 0.3 is 5.97 Å². The van der Waals surface area contributed by atoms with Crippen molar-refractivity contribution in [2.24, 2.45) is 11.7 Å². The summed E-state index contributed by atoms with van der Waals surface area (Å²) in [5.74, 6) is -0.328. The van der Waals surface area contributed by atoms with E-state index in [1.165, 1.54) is 6.42 Å². The molecule has 11 heavy (non-hydrogen) atoms. The van der Waals surface area contributed by atoms with Crippen LogP contribution in [0.25, 0.3) is 0 Å². The minimum atomic E-state index is -1.01. The predicted octanol–water partition coefficient (Wildman–Crippen LogP) is 0.979. The van der Waals surface area contributed by atoms with E-state index in [0.717, 1.165) is 12.8 Å². The molecule has 1 atom stereocenters. The standard InChI is InChI=1S/C8H15NO2/c1-8(9,7(10)11)5-6-3-2-4-6/h6H,2-5,9H2,1H3,(H,10,11)/t8-/m1/s1. The van der Waals surface area contributed by atoms with Gasteiger partial charge in [0.2, 0.25) is 0 Å². The molecular weight excluding hydrogens is 142 g/mol. The lowest BCUT2D eigenvalue weighted by atomic mass is 9.77. The summed E-state index contributed by atoms with van der Waals surface area (Å²) < 4.78 is 0. The first kappa shape index (κ1) is 8.53. The molecule has 1 rings (SSSR count). The molecule has 1 aliphatic carbocycles. The maximum absolute atomic E-state index is 10.6. The number of carboxylic acids is 1. The Kier molecular flexibility index (Phi) is 2.18. The molecule has 64 valence electrons. The van der Waals surface area contributed by atoms with Crippen molar-refractivity contribution in [2.75, 3.05) is 0 Å². The molecule has 1 aliphatic rings. The van der Waals surface area contributed by atoms with Crippen molar-refractivity contribution in [3.8, 4) is 0 Å². The second-order valence-corrected chi connectivity index (χ2v) is 3.72. The van der Waals surface area contributed by atoms with E-state index < -0.39 is 11.5 Å².